The van der Waals surface area contributed by atoms with Crippen LogP contribution in [0.25, 0.3) is 10.9 Å². The number of aryl methyl sites for hydroxylation is 1. The Labute approximate surface area is 137 Å². The number of nitrogens with one attached hydrogen (secondary N) is 2. The van der Waals surface area contributed by atoms with Gasteiger partial charge < -0.3 is 15.2 Å². The highest BCUT2D eigenvalue weighted by molar-refractivity contribution is 5.87. The molecule has 2 aromatic rings. The first kappa shape index (κ1) is 17.1. The van der Waals surface area contributed by atoms with Gasteiger partial charge in [0, 0.05) is 30.2 Å². The molecule has 0 saturated heterocycles. The Morgan fingerprint density at radius 3 is 2.57 bits per heavy atom. The number of fused-ring (bicyclic) bond motifs is 1. The number of carbonyl (C=O) groups excluding carboxylic acids is 2. The van der Waals surface area contributed by atoms with Crippen LogP contribution >= 0.6 is 0 Å². The molecule has 0 radical (unpaired) electrons. The highest BCUT2D eigenvalue weighted by Gasteiger charge is 2.21. The summed E-state index contributed by atoms with van der Waals surface area (Å²) in [4.78, 5) is 23.4. The highest BCUT2D eigenvalue weighted by Crippen LogP contribution is 2.15. The molecule has 2 amide bonds. The van der Waals surface area contributed by atoms with E-state index < -0.39 is 5.41 Å². The van der Waals surface area contributed by atoms with E-state index >= 15 is 0 Å². The van der Waals surface area contributed by atoms with Crippen LogP contribution in [0, 0.1) is 5.41 Å². The number of aromatic nitrogens is 1. The number of para-hydroxylation sites is 1. The van der Waals surface area contributed by atoms with Crippen LogP contribution in [-0.2, 0) is 16.1 Å². The lowest BCUT2D eigenvalue weighted by molar-refractivity contribution is -0.131. The van der Waals surface area contributed by atoms with E-state index in [9.17, 15) is 9.59 Å². The summed E-state index contributed by atoms with van der Waals surface area (Å²) in [6.45, 7) is 6.94. The summed E-state index contributed by atoms with van der Waals surface area (Å²) in [6.07, 6.45) is 2.91. The van der Waals surface area contributed by atoms with Crippen LogP contribution in [0.15, 0.2) is 36.5 Å². The normalized spacial score (nSPS) is 11.4. The van der Waals surface area contributed by atoms with Crippen molar-refractivity contribution in [3.05, 3.63) is 36.5 Å². The van der Waals surface area contributed by atoms with Crippen molar-refractivity contribution in [3.63, 3.8) is 0 Å². The van der Waals surface area contributed by atoms with E-state index in [2.05, 4.69) is 39.6 Å². The molecule has 124 valence electrons. The van der Waals surface area contributed by atoms with Gasteiger partial charge in [0.15, 0.2) is 0 Å². The number of carbonyl (C=O) groups is 2. The van der Waals surface area contributed by atoms with Gasteiger partial charge in [-0.05, 0) is 23.9 Å². The maximum absolute atomic E-state index is 11.7. The number of rotatable bonds is 6. The van der Waals surface area contributed by atoms with Crippen LogP contribution in [-0.4, -0.2) is 29.5 Å². The average molecular weight is 315 g/mol. The lowest BCUT2D eigenvalue weighted by Gasteiger charge is -2.17. The van der Waals surface area contributed by atoms with E-state index in [1.165, 1.54) is 10.9 Å². The van der Waals surface area contributed by atoms with Crippen LogP contribution < -0.4 is 10.6 Å². The van der Waals surface area contributed by atoms with Gasteiger partial charge in [-0.2, -0.15) is 0 Å². The lowest BCUT2D eigenvalue weighted by Crippen LogP contribution is -2.42. The molecule has 5 heteroatoms. The molecule has 0 aliphatic heterocycles. The largest absolute Gasteiger partial charge is 0.355 e. The minimum Gasteiger partial charge on any atom is -0.355 e. The summed E-state index contributed by atoms with van der Waals surface area (Å²) in [5, 5.41) is 6.70. The minimum absolute atomic E-state index is 0.0303. The Bertz CT molecular complexity index is 683. The Morgan fingerprint density at radius 2 is 1.83 bits per heavy atom. The van der Waals surface area contributed by atoms with Gasteiger partial charge in [0.2, 0.25) is 11.8 Å². The van der Waals surface area contributed by atoms with E-state index in [0.717, 1.165) is 13.0 Å². The van der Waals surface area contributed by atoms with E-state index in [1.807, 2.05) is 32.9 Å². The van der Waals surface area contributed by atoms with Crippen molar-refractivity contribution in [2.75, 3.05) is 13.1 Å². The van der Waals surface area contributed by atoms with E-state index in [-0.39, 0.29) is 18.4 Å². The Kier molecular flexibility index (Phi) is 5.42. The standard InChI is InChI=1S/C18H25N3O2/c1-18(2,3)17(23)20-13-16(22)19-10-6-11-21-12-9-14-7-4-5-8-15(14)21/h4-5,7-9,12H,6,10-11,13H2,1-3H3,(H,19,22)(H,20,23). The van der Waals surface area contributed by atoms with Gasteiger partial charge in [-0.1, -0.05) is 39.0 Å². The predicted octanol–water partition coefficient (Wildman–Crippen LogP) is 2.31. The van der Waals surface area contributed by atoms with Crippen LogP contribution in [0.4, 0.5) is 0 Å². The molecule has 0 atom stereocenters. The monoisotopic (exact) mass is 315 g/mol. The molecule has 1 aromatic heterocycles. The van der Waals surface area contributed by atoms with Crippen LogP contribution in [0.5, 0.6) is 0 Å². The number of benzene rings is 1. The maximum Gasteiger partial charge on any atom is 0.239 e. The van der Waals surface area contributed by atoms with Gasteiger partial charge in [0.05, 0.1) is 6.54 Å². The number of nitrogens with zero attached hydrogens (tertiary/aromatic N) is 1. The van der Waals surface area contributed by atoms with Gasteiger partial charge in [-0.3, -0.25) is 9.59 Å². The smallest absolute Gasteiger partial charge is 0.239 e. The first-order chi connectivity index (χ1) is 10.9. The molecule has 2 N–H and O–H groups in total. The average Bonchev–Trinajstić information content (AvgIpc) is 2.91. The quantitative estimate of drug-likeness (QED) is 0.804. The highest BCUT2D eigenvalue weighted by atomic mass is 16.2. The molecule has 2 rings (SSSR count). The number of amides is 2. The molecule has 1 heterocycles. The predicted molar refractivity (Wildman–Crippen MR) is 92.0 cm³/mol. The summed E-state index contributed by atoms with van der Waals surface area (Å²) >= 11 is 0. The van der Waals surface area contributed by atoms with Crippen molar-refractivity contribution in [1.82, 2.24) is 15.2 Å². The van der Waals surface area contributed by atoms with Gasteiger partial charge >= 0.3 is 0 Å². The molecule has 23 heavy (non-hydrogen) atoms. The van der Waals surface area contributed by atoms with E-state index in [1.54, 1.807) is 0 Å². The number of hydrogen-bond donors (Lipinski definition) is 2. The van der Waals surface area contributed by atoms with Crippen LogP contribution in [0.1, 0.15) is 27.2 Å². The third kappa shape index (κ3) is 4.84. The fraction of sp³-hybridized carbons (Fsp3) is 0.444. The summed E-state index contributed by atoms with van der Waals surface area (Å²) in [5.41, 5.74) is 0.728. The van der Waals surface area contributed by atoms with Gasteiger partial charge in [-0.15, -0.1) is 0 Å². The zero-order valence-electron chi connectivity index (χ0n) is 14.1. The van der Waals surface area contributed by atoms with Crippen molar-refractivity contribution in [2.24, 2.45) is 5.41 Å². The Balaban J connectivity index is 1.69. The van der Waals surface area contributed by atoms with E-state index in [0.29, 0.717) is 6.54 Å². The first-order valence-corrected chi connectivity index (χ1v) is 7.97. The van der Waals surface area contributed by atoms with Crippen molar-refractivity contribution in [2.45, 2.75) is 33.7 Å². The molecule has 0 bridgehead atoms. The second kappa shape index (κ2) is 7.31. The van der Waals surface area contributed by atoms with E-state index in [4.69, 9.17) is 0 Å². The van der Waals surface area contributed by atoms with Crippen molar-refractivity contribution < 1.29 is 9.59 Å². The molecular formula is C18H25N3O2. The minimum atomic E-state index is -0.476. The fourth-order valence-electron chi connectivity index (χ4n) is 2.30. The number of hydrogen-bond acceptors (Lipinski definition) is 2. The maximum atomic E-state index is 11.7. The Morgan fingerprint density at radius 1 is 1.09 bits per heavy atom. The van der Waals surface area contributed by atoms with Gasteiger partial charge in [0.25, 0.3) is 0 Å². The van der Waals surface area contributed by atoms with Crippen molar-refractivity contribution >= 4 is 22.7 Å². The first-order valence-electron chi connectivity index (χ1n) is 7.97. The summed E-state index contributed by atoms with van der Waals surface area (Å²) < 4.78 is 2.18. The second-order valence-corrected chi connectivity index (χ2v) is 6.70. The molecular weight excluding hydrogens is 290 g/mol. The SMILES string of the molecule is CC(C)(C)C(=O)NCC(=O)NCCCn1ccc2ccccc21. The van der Waals surface area contributed by atoms with Crippen LogP contribution in [0.3, 0.4) is 0 Å². The Hall–Kier alpha value is -2.30. The third-order valence-corrected chi connectivity index (χ3v) is 3.67. The summed E-state index contributed by atoms with van der Waals surface area (Å²) in [5.74, 6) is -0.272. The fourth-order valence-corrected chi connectivity index (χ4v) is 2.30. The van der Waals surface area contributed by atoms with Crippen molar-refractivity contribution in [3.8, 4) is 0 Å². The topological polar surface area (TPSA) is 63.1 Å². The molecule has 0 aliphatic rings. The second-order valence-electron chi connectivity index (χ2n) is 6.70. The molecule has 5 nitrogen and oxygen atoms in total. The van der Waals surface area contributed by atoms with Crippen LogP contribution in [0.2, 0.25) is 0 Å². The molecule has 0 unspecified atom stereocenters. The molecule has 0 saturated carbocycles. The summed E-state index contributed by atoms with van der Waals surface area (Å²) in [6, 6.07) is 10.3. The zero-order chi connectivity index (χ0) is 16.9. The zero-order valence-corrected chi connectivity index (χ0v) is 14.1. The molecule has 0 fully saturated rings. The molecule has 0 spiro atoms. The molecule has 1 aromatic carbocycles. The van der Waals surface area contributed by atoms with Crippen molar-refractivity contribution in [1.29, 1.82) is 0 Å². The van der Waals surface area contributed by atoms with Gasteiger partial charge in [-0.25, -0.2) is 0 Å². The summed E-state index contributed by atoms with van der Waals surface area (Å²) in [7, 11) is 0. The van der Waals surface area contributed by atoms with Gasteiger partial charge in [0.1, 0.15) is 0 Å². The molecule has 0 aliphatic carbocycles. The lowest BCUT2D eigenvalue weighted by atomic mass is 9.96. The third-order valence-electron chi connectivity index (χ3n) is 3.67.